The van der Waals surface area contributed by atoms with Crippen LogP contribution in [0.25, 0.3) is 0 Å². The molecule has 2 N–H and O–H groups in total. The molecule has 1 aromatic carbocycles. The lowest BCUT2D eigenvalue weighted by atomic mass is 10.1. The van der Waals surface area contributed by atoms with Crippen molar-refractivity contribution in [1.82, 2.24) is 0 Å². The van der Waals surface area contributed by atoms with Crippen molar-refractivity contribution in [1.29, 1.82) is 0 Å². The predicted molar refractivity (Wildman–Crippen MR) is 77.3 cm³/mol. The molecule has 0 saturated heterocycles. The number of benzene rings is 1. The van der Waals surface area contributed by atoms with E-state index >= 15 is 0 Å². The number of anilines is 1. The third kappa shape index (κ3) is 5.64. The zero-order valence-electron chi connectivity index (χ0n) is 11.9. The average Bonchev–Trinajstić information content (AvgIpc) is 2.40. The van der Waals surface area contributed by atoms with E-state index in [1.54, 1.807) is 24.3 Å². The Kier molecular flexibility index (Phi) is 6.39. The number of carbonyl (C=O) groups excluding carboxylic acids is 1. The van der Waals surface area contributed by atoms with Gasteiger partial charge in [-0.1, -0.05) is 19.1 Å². The Morgan fingerprint density at radius 2 is 1.62 bits per heavy atom. The van der Waals surface area contributed by atoms with Crippen molar-refractivity contribution >= 4 is 23.5 Å². The van der Waals surface area contributed by atoms with Crippen LogP contribution in [0.3, 0.4) is 0 Å². The minimum Gasteiger partial charge on any atom is -0.481 e. The fourth-order valence-corrected chi connectivity index (χ4v) is 1.92. The largest absolute Gasteiger partial charge is 0.481 e. The van der Waals surface area contributed by atoms with Gasteiger partial charge in [0.05, 0.1) is 12.8 Å². The summed E-state index contributed by atoms with van der Waals surface area (Å²) in [5.74, 6) is -2.02. The van der Waals surface area contributed by atoms with Gasteiger partial charge in [-0.15, -0.1) is 0 Å². The maximum absolute atomic E-state index is 12.1. The van der Waals surface area contributed by atoms with Gasteiger partial charge < -0.3 is 15.1 Å². The van der Waals surface area contributed by atoms with Crippen molar-refractivity contribution in [3.8, 4) is 0 Å². The van der Waals surface area contributed by atoms with Crippen LogP contribution in [0.1, 0.15) is 31.7 Å². The quantitative estimate of drug-likeness (QED) is 0.763. The summed E-state index contributed by atoms with van der Waals surface area (Å²) in [7, 11) is 0. The van der Waals surface area contributed by atoms with Gasteiger partial charge >= 0.3 is 11.9 Å². The average molecular weight is 293 g/mol. The highest BCUT2D eigenvalue weighted by molar-refractivity contribution is 5.93. The van der Waals surface area contributed by atoms with E-state index in [0.29, 0.717) is 24.1 Å². The number of carboxylic acids is 2. The smallest absolute Gasteiger partial charge is 0.307 e. The van der Waals surface area contributed by atoms with Crippen LogP contribution < -0.4 is 4.90 Å². The molecular weight excluding hydrogens is 274 g/mol. The molecule has 6 heteroatoms. The molecule has 0 aromatic heterocycles. The Balaban J connectivity index is 2.88. The molecule has 0 saturated carbocycles. The normalized spacial score (nSPS) is 10.1. The summed E-state index contributed by atoms with van der Waals surface area (Å²) in [6, 6.07) is 6.56. The third-order valence-electron chi connectivity index (χ3n) is 2.92. The highest BCUT2D eigenvalue weighted by Crippen LogP contribution is 2.18. The fraction of sp³-hybridized carbons (Fsp3) is 0.400. The van der Waals surface area contributed by atoms with Crippen molar-refractivity contribution in [2.24, 2.45) is 0 Å². The van der Waals surface area contributed by atoms with Gasteiger partial charge in [0.25, 0.3) is 0 Å². The van der Waals surface area contributed by atoms with Gasteiger partial charge in [-0.2, -0.15) is 0 Å². The number of hydrogen-bond donors (Lipinski definition) is 2. The Bertz CT molecular complexity index is 509. The molecule has 0 heterocycles. The summed E-state index contributed by atoms with van der Waals surface area (Å²) in [6.07, 6.45) is 0.806. The second-order valence-corrected chi connectivity index (χ2v) is 4.68. The van der Waals surface area contributed by atoms with E-state index in [2.05, 4.69) is 0 Å². The summed E-state index contributed by atoms with van der Waals surface area (Å²) in [5, 5.41) is 17.5. The van der Waals surface area contributed by atoms with Crippen molar-refractivity contribution in [3.05, 3.63) is 29.8 Å². The lowest BCUT2D eigenvalue weighted by Gasteiger charge is -2.22. The van der Waals surface area contributed by atoms with Crippen molar-refractivity contribution in [3.63, 3.8) is 0 Å². The lowest BCUT2D eigenvalue weighted by Crippen LogP contribution is -2.32. The van der Waals surface area contributed by atoms with E-state index in [4.69, 9.17) is 10.2 Å². The zero-order chi connectivity index (χ0) is 15.8. The molecule has 1 rings (SSSR count). The number of rotatable bonds is 8. The van der Waals surface area contributed by atoms with Crippen LogP contribution >= 0.6 is 0 Å². The molecular formula is C15H19NO5. The van der Waals surface area contributed by atoms with E-state index in [-0.39, 0.29) is 25.3 Å². The van der Waals surface area contributed by atoms with Crippen LogP contribution in [0, 0.1) is 0 Å². The van der Waals surface area contributed by atoms with Gasteiger partial charge in [0.15, 0.2) is 0 Å². The molecule has 0 aliphatic carbocycles. The third-order valence-corrected chi connectivity index (χ3v) is 2.92. The van der Waals surface area contributed by atoms with Crippen LogP contribution in [0.4, 0.5) is 5.69 Å². The lowest BCUT2D eigenvalue weighted by molar-refractivity contribution is -0.137. The molecule has 0 bridgehead atoms. The minimum absolute atomic E-state index is 0.0850. The second-order valence-electron chi connectivity index (χ2n) is 4.68. The van der Waals surface area contributed by atoms with Crippen LogP contribution in [0.15, 0.2) is 24.3 Å². The Morgan fingerprint density at radius 3 is 2.10 bits per heavy atom. The van der Waals surface area contributed by atoms with Gasteiger partial charge in [-0.25, -0.2) is 0 Å². The predicted octanol–water partition coefficient (Wildman–Crippen LogP) is 1.92. The maximum atomic E-state index is 12.1. The summed E-state index contributed by atoms with van der Waals surface area (Å²) in [4.78, 5) is 34.8. The molecule has 6 nitrogen and oxygen atoms in total. The Labute approximate surface area is 123 Å². The van der Waals surface area contributed by atoms with Crippen molar-refractivity contribution in [2.45, 2.75) is 32.6 Å². The minimum atomic E-state index is -0.966. The molecule has 0 aliphatic rings. The molecule has 1 aromatic rings. The van der Waals surface area contributed by atoms with E-state index < -0.39 is 11.9 Å². The summed E-state index contributed by atoms with van der Waals surface area (Å²) in [5.41, 5.74) is 1.22. The molecule has 0 fully saturated rings. The molecule has 1 amide bonds. The molecule has 114 valence electrons. The molecule has 0 spiro atoms. The molecule has 0 aliphatic heterocycles. The van der Waals surface area contributed by atoms with E-state index in [1.165, 1.54) is 4.90 Å². The maximum Gasteiger partial charge on any atom is 0.307 e. The number of amides is 1. The van der Waals surface area contributed by atoms with Gasteiger partial charge in [0.2, 0.25) is 5.91 Å². The van der Waals surface area contributed by atoms with Crippen molar-refractivity contribution in [2.75, 3.05) is 11.4 Å². The monoisotopic (exact) mass is 293 g/mol. The summed E-state index contributed by atoms with van der Waals surface area (Å²) < 4.78 is 0. The Morgan fingerprint density at radius 1 is 1.00 bits per heavy atom. The topological polar surface area (TPSA) is 94.9 Å². The molecule has 0 unspecified atom stereocenters. The number of carbonyl (C=O) groups is 3. The number of aliphatic carboxylic acids is 2. The first-order chi connectivity index (χ1) is 9.93. The van der Waals surface area contributed by atoms with Crippen molar-refractivity contribution < 1.29 is 24.6 Å². The van der Waals surface area contributed by atoms with Gasteiger partial charge in [-0.3, -0.25) is 14.4 Å². The standard InChI is InChI=1S/C15H19NO5/c1-2-3-13(17)16(9-8-14(18)19)12-6-4-11(5-7-12)10-15(20)21/h4-7H,2-3,8-10H2,1H3,(H,18,19)(H,20,21). The van der Waals surface area contributed by atoms with Crippen LogP contribution in [-0.4, -0.2) is 34.6 Å². The molecule has 21 heavy (non-hydrogen) atoms. The van der Waals surface area contributed by atoms with Crippen LogP contribution in [-0.2, 0) is 20.8 Å². The summed E-state index contributed by atoms with van der Waals surface area (Å²) >= 11 is 0. The van der Waals surface area contributed by atoms with Gasteiger partial charge in [0, 0.05) is 18.7 Å². The van der Waals surface area contributed by atoms with Crippen LogP contribution in [0.2, 0.25) is 0 Å². The van der Waals surface area contributed by atoms with Gasteiger partial charge in [0.1, 0.15) is 0 Å². The van der Waals surface area contributed by atoms with Gasteiger partial charge in [-0.05, 0) is 24.1 Å². The summed E-state index contributed by atoms with van der Waals surface area (Å²) in [6.45, 7) is 1.98. The second kappa shape index (κ2) is 8.04. The van der Waals surface area contributed by atoms with E-state index in [1.807, 2.05) is 6.92 Å². The first-order valence-electron chi connectivity index (χ1n) is 6.77. The van der Waals surface area contributed by atoms with E-state index in [9.17, 15) is 14.4 Å². The number of nitrogens with zero attached hydrogens (tertiary/aromatic N) is 1. The van der Waals surface area contributed by atoms with E-state index in [0.717, 1.165) is 0 Å². The first kappa shape index (κ1) is 16.7. The fourth-order valence-electron chi connectivity index (χ4n) is 1.92. The number of carboxylic acid groups (broad SMARTS) is 2. The van der Waals surface area contributed by atoms with Crippen LogP contribution in [0.5, 0.6) is 0 Å². The zero-order valence-corrected chi connectivity index (χ0v) is 11.9. The highest BCUT2D eigenvalue weighted by Gasteiger charge is 2.16. The Hall–Kier alpha value is -2.37. The molecule has 0 atom stereocenters. The first-order valence-corrected chi connectivity index (χ1v) is 6.77. The molecule has 0 radical (unpaired) electrons. The SMILES string of the molecule is CCCC(=O)N(CCC(=O)O)c1ccc(CC(=O)O)cc1. The number of hydrogen-bond acceptors (Lipinski definition) is 3. The highest BCUT2D eigenvalue weighted by atomic mass is 16.4.